The second-order valence-electron chi connectivity index (χ2n) is 6.12. The van der Waals surface area contributed by atoms with Crippen molar-refractivity contribution in [3.05, 3.63) is 0 Å². The van der Waals surface area contributed by atoms with Crippen LogP contribution in [0.15, 0.2) is 0 Å². The number of ether oxygens (including phenoxy) is 1. The third-order valence-corrected chi connectivity index (χ3v) is 2.42. The van der Waals surface area contributed by atoms with Crippen LogP contribution in [-0.4, -0.2) is 18.0 Å². The molecule has 0 saturated heterocycles. The molecule has 0 aliphatic carbocycles. The van der Waals surface area contributed by atoms with Crippen LogP contribution in [0.1, 0.15) is 60.8 Å². The van der Waals surface area contributed by atoms with Gasteiger partial charge < -0.3 is 9.53 Å². The van der Waals surface area contributed by atoms with Gasteiger partial charge in [0.1, 0.15) is 5.78 Å². The number of Topliss-reactive ketones (excluding diaryl/α,β-unsaturated/α-hetero) is 1. The van der Waals surface area contributed by atoms with Crippen molar-refractivity contribution in [1.29, 1.82) is 0 Å². The number of ketones is 1. The Bertz CT molecular complexity index is 199. The van der Waals surface area contributed by atoms with Crippen molar-refractivity contribution in [2.75, 3.05) is 6.61 Å². The topological polar surface area (TPSA) is 26.3 Å². The summed E-state index contributed by atoms with van der Waals surface area (Å²) in [5.74, 6) is 0.238. The predicted octanol–water partition coefficient (Wildman–Crippen LogP) is 3.59. The SMILES string of the molecule is CC(=O)CCC(C)(C)OCCC(C)(C)C. The Morgan fingerprint density at radius 2 is 1.60 bits per heavy atom. The summed E-state index contributed by atoms with van der Waals surface area (Å²) in [7, 11) is 0. The zero-order valence-corrected chi connectivity index (χ0v) is 11.1. The van der Waals surface area contributed by atoms with E-state index in [0.29, 0.717) is 11.8 Å². The van der Waals surface area contributed by atoms with Gasteiger partial charge in [-0.1, -0.05) is 20.8 Å². The lowest BCUT2D eigenvalue weighted by atomic mass is 9.92. The number of carbonyl (C=O) groups is 1. The van der Waals surface area contributed by atoms with E-state index in [2.05, 4.69) is 34.6 Å². The molecule has 0 rings (SSSR count). The fourth-order valence-corrected chi connectivity index (χ4v) is 1.18. The first-order chi connectivity index (χ1) is 6.62. The molecule has 0 aliphatic rings. The zero-order chi connectivity index (χ0) is 12.1. The van der Waals surface area contributed by atoms with Crippen LogP contribution in [0.5, 0.6) is 0 Å². The van der Waals surface area contributed by atoms with E-state index >= 15 is 0 Å². The van der Waals surface area contributed by atoms with Crippen LogP contribution in [0.3, 0.4) is 0 Å². The molecule has 0 amide bonds. The molecule has 0 fully saturated rings. The summed E-state index contributed by atoms with van der Waals surface area (Å²) in [6, 6.07) is 0. The molecule has 0 radical (unpaired) electrons. The minimum absolute atomic E-state index is 0.170. The van der Waals surface area contributed by atoms with E-state index in [1.165, 1.54) is 0 Å². The number of carbonyl (C=O) groups excluding carboxylic acids is 1. The zero-order valence-electron chi connectivity index (χ0n) is 11.1. The van der Waals surface area contributed by atoms with Crippen LogP contribution in [0.25, 0.3) is 0 Å². The molecule has 0 aromatic heterocycles. The molecule has 0 heterocycles. The molecule has 2 heteroatoms. The summed E-state index contributed by atoms with van der Waals surface area (Å²) >= 11 is 0. The summed E-state index contributed by atoms with van der Waals surface area (Å²) in [5, 5.41) is 0. The molecule has 0 aromatic rings. The number of hydrogen-bond donors (Lipinski definition) is 0. The van der Waals surface area contributed by atoms with Crippen molar-refractivity contribution in [3.63, 3.8) is 0 Å². The third kappa shape index (κ3) is 9.92. The van der Waals surface area contributed by atoms with Crippen LogP contribution >= 0.6 is 0 Å². The smallest absolute Gasteiger partial charge is 0.129 e. The van der Waals surface area contributed by atoms with Gasteiger partial charge in [0.25, 0.3) is 0 Å². The maximum absolute atomic E-state index is 10.9. The molecule has 0 aromatic carbocycles. The highest BCUT2D eigenvalue weighted by Crippen LogP contribution is 2.22. The van der Waals surface area contributed by atoms with Crippen LogP contribution in [0, 0.1) is 5.41 Å². The van der Waals surface area contributed by atoms with Crippen molar-refractivity contribution >= 4 is 5.78 Å². The first-order valence-corrected chi connectivity index (χ1v) is 5.76. The Balaban J connectivity index is 3.78. The van der Waals surface area contributed by atoms with E-state index in [1.54, 1.807) is 6.92 Å². The number of rotatable bonds is 6. The summed E-state index contributed by atoms with van der Waals surface area (Å²) in [5.41, 5.74) is 0.146. The fraction of sp³-hybridized carbons (Fsp3) is 0.923. The van der Waals surface area contributed by atoms with Gasteiger partial charge in [-0.3, -0.25) is 0 Å². The van der Waals surface area contributed by atoms with Crippen LogP contribution < -0.4 is 0 Å². The summed E-state index contributed by atoms with van der Waals surface area (Å²) in [4.78, 5) is 10.9. The Hall–Kier alpha value is -0.370. The standard InChI is InChI=1S/C13H26O2/c1-11(14)7-8-13(5,6)15-10-9-12(2,3)4/h7-10H2,1-6H3. The molecule has 0 unspecified atom stereocenters. The Morgan fingerprint density at radius 1 is 1.07 bits per heavy atom. The largest absolute Gasteiger partial charge is 0.376 e. The molecular weight excluding hydrogens is 188 g/mol. The molecule has 0 atom stereocenters. The maximum atomic E-state index is 10.9. The van der Waals surface area contributed by atoms with E-state index < -0.39 is 0 Å². The molecule has 2 nitrogen and oxygen atoms in total. The highest BCUT2D eigenvalue weighted by atomic mass is 16.5. The minimum Gasteiger partial charge on any atom is -0.376 e. The van der Waals surface area contributed by atoms with Gasteiger partial charge >= 0.3 is 0 Å². The average Bonchev–Trinajstić information content (AvgIpc) is 1.98. The van der Waals surface area contributed by atoms with E-state index in [4.69, 9.17) is 4.74 Å². The molecule has 90 valence electrons. The van der Waals surface area contributed by atoms with Gasteiger partial charge in [-0.15, -0.1) is 0 Å². The lowest BCUT2D eigenvalue weighted by molar-refractivity contribution is -0.118. The molecule has 0 saturated carbocycles. The lowest BCUT2D eigenvalue weighted by Crippen LogP contribution is -2.27. The normalized spacial score (nSPS) is 12.9. The van der Waals surface area contributed by atoms with Crippen molar-refractivity contribution in [1.82, 2.24) is 0 Å². The van der Waals surface area contributed by atoms with Crippen molar-refractivity contribution in [2.45, 2.75) is 66.4 Å². The average molecular weight is 214 g/mol. The molecule has 0 aliphatic heterocycles. The number of hydrogen-bond acceptors (Lipinski definition) is 2. The van der Waals surface area contributed by atoms with Crippen LogP contribution in [0.2, 0.25) is 0 Å². The summed E-state index contributed by atoms with van der Waals surface area (Å²) in [6.45, 7) is 13.1. The van der Waals surface area contributed by atoms with Gasteiger partial charge in [-0.05, 0) is 39.0 Å². The molecule has 15 heavy (non-hydrogen) atoms. The minimum atomic E-state index is -0.170. The lowest BCUT2D eigenvalue weighted by Gasteiger charge is -2.27. The van der Waals surface area contributed by atoms with E-state index in [9.17, 15) is 4.79 Å². The second-order valence-corrected chi connectivity index (χ2v) is 6.12. The Morgan fingerprint density at radius 3 is 2.00 bits per heavy atom. The van der Waals surface area contributed by atoms with Gasteiger partial charge in [0.05, 0.1) is 5.60 Å². The quantitative estimate of drug-likeness (QED) is 0.675. The summed E-state index contributed by atoms with van der Waals surface area (Å²) in [6.07, 6.45) is 2.48. The van der Waals surface area contributed by atoms with Gasteiger partial charge in [-0.25, -0.2) is 0 Å². The maximum Gasteiger partial charge on any atom is 0.129 e. The molecule has 0 spiro atoms. The second kappa shape index (κ2) is 5.64. The van der Waals surface area contributed by atoms with Crippen molar-refractivity contribution in [2.24, 2.45) is 5.41 Å². The van der Waals surface area contributed by atoms with Gasteiger partial charge in [0, 0.05) is 13.0 Å². The van der Waals surface area contributed by atoms with Crippen LogP contribution in [-0.2, 0) is 9.53 Å². The van der Waals surface area contributed by atoms with Crippen molar-refractivity contribution in [3.8, 4) is 0 Å². The summed E-state index contributed by atoms with van der Waals surface area (Å²) < 4.78 is 5.80. The van der Waals surface area contributed by atoms with E-state index in [-0.39, 0.29) is 11.4 Å². The van der Waals surface area contributed by atoms with E-state index in [0.717, 1.165) is 19.4 Å². The molecule has 0 bridgehead atoms. The fourth-order valence-electron chi connectivity index (χ4n) is 1.18. The highest BCUT2D eigenvalue weighted by Gasteiger charge is 2.20. The first-order valence-electron chi connectivity index (χ1n) is 5.76. The van der Waals surface area contributed by atoms with Gasteiger partial charge in [0.2, 0.25) is 0 Å². The van der Waals surface area contributed by atoms with Crippen LogP contribution in [0.4, 0.5) is 0 Å². The van der Waals surface area contributed by atoms with Gasteiger partial charge in [0.15, 0.2) is 0 Å². The van der Waals surface area contributed by atoms with Gasteiger partial charge in [-0.2, -0.15) is 0 Å². The molecule has 0 N–H and O–H groups in total. The third-order valence-electron chi connectivity index (χ3n) is 2.42. The highest BCUT2D eigenvalue weighted by molar-refractivity contribution is 5.75. The first kappa shape index (κ1) is 14.6. The molecular formula is C13H26O2. The monoisotopic (exact) mass is 214 g/mol. The van der Waals surface area contributed by atoms with E-state index in [1.807, 2.05) is 0 Å². The Kier molecular flexibility index (Phi) is 5.50. The van der Waals surface area contributed by atoms with Crippen molar-refractivity contribution < 1.29 is 9.53 Å². The Labute approximate surface area is 94.4 Å². The predicted molar refractivity (Wildman–Crippen MR) is 64.0 cm³/mol.